The van der Waals surface area contributed by atoms with Crippen LogP contribution >= 0.6 is 0 Å². The first-order chi connectivity index (χ1) is 8.63. The lowest BCUT2D eigenvalue weighted by atomic mass is 10.1. The van der Waals surface area contributed by atoms with Crippen molar-refractivity contribution in [2.45, 2.75) is 13.3 Å². The van der Waals surface area contributed by atoms with Crippen LogP contribution in [-0.4, -0.2) is 36.6 Å². The van der Waals surface area contributed by atoms with Crippen molar-refractivity contribution >= 4 is 11.9 Å². The van der Waals surface area contributed by atoms with Crippen LogP contribution in [0.5, 0.6) is 0 Å². The molecule has 0 heterocycles. The summed E-state index contributed by atoms with van der Waals surface area (Å²) >= 11 is 0. The summed E-state index contributed by atoms with van der Waals surface area (Å²) in [7, 11) is 0. The number of rotatable bonds is 7. The Morgan fingerprint density at radius 1 is 1.22 bits per heavy atom. The van der Waals surface area contributed by atoms with Crippen LogP contribution in [0.2, 0.25) is 0 Å². The van der Waals surface area contributed by atoms with E-state index in [2.05, 4.69) is 10.6 Å². The van der Waals surface area contributed by atoms with Gasteiger partial charge in [-0.05, 0) is 30.7 Å². The van der Waals surface area contributed by atoms with E-state index < -0.39 is 5.97 Å². The van der Waals surface area contributed by atoms with Crippen LogP contribution in [-0.2, 0) is 11.2 Å². The van der Waals surface area contributed by atoms with Gasteiger partial charge in [0.05, 0.1) is 12.1 Å². The van der Waals surface area contributed by atoms with Crippen LogP contribution in [0.3, 0.4) is 0 Å². The van der Waals surface area contributed by atoms with E-state index >= 15 is 0 Å². The van der Waals surface area contributed by atoms with Crippen molar-refractivity contribution in [2.24, 2.45) is 0 Å². The lowest BCUT2D eigenvalue weighted by molar-refractivity contribution is -0.120. The number of carboxylic acid groups (broad SMARTS) is 1. The fraction of sp³-hybridized carbons (Fsp3) is 0.385. The fourth-order valence-corrected chi connectivity index (χ4v) is 1.46. The minimum atomic E-state index is -0.930. The molecule has 0 aliphatic heterocycles. The number of carbonyl (C=O) groups excluding carboxylic acids is 1. The quantitative estimate of drug-likeness (QED) is 0.664. The molecule has 1 rings (SSSR count). The van der Waals surface area contributed by atoms with E-state index in [4.69, 9.17) is 5.11 Å². The molecule has 0 atom stereocenters. The lowest BCUT2D eigenvalue weighted by Crippen LogP contribution is -2.34. The molecule has 0 aliphatic carbocycles. The monoisotopic (exact) mass is 250 g/mol. The van der Waals surface area contributed by atoms with Gasteiger partial charge >= 0.3 is 5.97 Å². The zero-order valence-electron chi connectivity index (χ0n) is 10.4. The fourth-order valence-electron chi connectivity index (χ4n) is 1.46. The Hall–Kier alpha value is -1.88. The predicted octanol–water partition coefficient (Wildman–Crippen LogP) is 0.653. The van der Waals surface area contributed by atoms with Crippen molar-refractivity contribution in [3.63, 3.8) is 0 Å². The highest BCUT2D eigenvalue weighted by Crippen LogP contribution is 2.04. The van der Waals surface area contributed by atoms with Gasteiger partial charge in [-0.2, -0.15) is 0 Å². The molecule has 0 saturated heterocycles. The molecule has 18 heavy (non-hydrogen) atoms. The number of likely N-dealkylation sites (N-methyl/N-ethyl adjacent to an activating group) is 1. The third-order valence-corrected chi connectivity index (χ3v) is 2.47. The standard InChI is InChI=1S/C13H18N2O3/c1-2-14-9-12(16)15-8-7-10-3-5-11(6-4-10)13(17)18/h3-6,14H,2,7-9H2,1H3,(H,15,16)(H,17,18). The topological polar surface area (TPSA) is 78.4 Å². The Morgan fingerprint density at radius 2 is 1.89 bits per heavy atom. The molecule has 5 nitrogen and oxygen atoms in total. The van der Waals surface area contributed by atoms with E-state index in [1.54, 1.807) is 24.3 Å². The molecule has 1 aromatic carbocycles. The SMILES string of the molecule is CCNCC(=O)NCCc1ccc(C(=O)O)cc1. The molecule has 0 aromatic heterocycles. The van der Waals surface area contributed by atoms with Crippen LogP contribution in [0.4, 0.5) is 0 Å². The molecule has 0 fully saturated rings. The third kappa shape index (κ3) is 4.97. The van der Waals surface area contributed by atoms with E-state index in [9.17, 15) is 9.59 Å². The van der Waals surface area contributed by atoms with Crippen LogP contribution < -0.4 is 10.6 Å². The number of nitrogens with one attached hydrogen (secondary N) is 2. The average molecular weight is 250 g/mol. The zero-order chi connectivity index (χ0) is 13.4. The van der Waals surface area contributed by atoms with Gasteiger partial charge < -0.3 is 15.7 Å². The van der Waals surface area contributed by atoms with E-state index in [-0.39, 0.29) is 11.5 Å². The zero-order valence-corrected chi connectivity index (χ0v) is 10.4. The number of aromatic carboxylic acids is 1. The molecule has 0 spiro atoms. The van der Waals surface area contributed by atoms with Crippen LogP contribution in [0.15, 0.2) is 24.3 Å². The van der Waals surface area contributed by atoms with Gasteiger partial charge in [0.2, 0.25) is 5.91 Å². The van der Waals surface area contributed by atoms with E-state index in [1.165, 1.54) is 0 Å². The Balaban J connectivity index is 2.31. The van der Waals surface area contributed by atoms with E-state index in [0.717, 1.165) is 12.1 Å². The second-order valence-electron chi connectivity index (χ2n) is 3.88. The molecule has 98 valence electrons. The highest BCUT2D eigenvalue weighted by Gasteiger charge is 2.02. The Kier molecular flexibility index (Phi) is 5.87. The molecular formula is C13H18N2O3. The number of hydrogen-bond donors (Lipinski definition) is 3. The summed E-state index contributed by atoms with van der Waals surface area (Å²) in [6.45, 7) is 3.59. The summed E-state index contributed by atoms with van der Waals surface area (Å²) in [6.07, 6.45) is 0.692. The van der Waals surface area contributed by atoms with Crippen LogP contribution in [0.1, 0.15) is 22.8 Å². The normalized spacial score (nSPS) is 10.1. The van der Waals surface area contributed by atoms with Gasteiger partial charge in [-0.25, -0.2) is 4.79 Å². The first kappa shape index (κ1) is 14.2. The number of benzene rings is 1. The van der Waals surface area contributed by atoms with Crippen molar-refractivity contribution < 1.29 is 14.7 Å². The Morgan fingerprint density at radius 3 is 2.44 bits per heavy atom. The summed E-state index contributed by atoms with van der Waals surface area (Å²) in [5.41, 5.74) is 1.28. The first-order valence-electron chi connectivity index (χ1n) is 5.93. The summed E-state index contributed by atoms with van der Waals surface area (Å²) < 4.78 is 0. The minimum Gasteiger partial charge on any atom is -0.478 e. The highest BCUT2D eigenvalue weighted by atomic mass is 16.4. The second-order valence-corrected chi connectivity index (χ2v) is 3.88. The predicted molar refractivity (Wildman–Crippen MR) is 68.7 cm³/mol. The van der Waals surface area contributed by atoms with Crippen molar-refractivity contribution in [3.05, 3.63) is 35.4 Å². The van der Waals surface area contributed by atoms with Crippen molar-refractivity contribution in [1.29, 1.82) is 0 Å². The van der Waals surface area contributed by atoms with Gasteiger partial charge in [0.25, 0.3) is 0 Å². The lowest BCUT2D eigenvalue weighted by Gasteiger charge is -2.05. The Labute approximate surface area is 106 Å². The largest absolute Gasteiger partial charge is 0.478 e. The molecule has 1 amide bonds. The molecular weight excluding hydrogens is 232 g/mol. The van der Waals surface area contributed by atoms with Crippen molar-refractivity contribution in [1.82, 2.24) is 10.6 Å². The molecule has 0 saturated carbocycles. The molecule has 3 N–H and O–H groups in total. The van der Waals surface area contributed by atoms with Gasteiger partial charge in [0.15, 0.2) is 0 Å². The first-order valence-corrected chi connectivity index (χ1v) is 5.93. The van der Waals surface area contributed by atoms with Crippen molar-refractivity contribution in [3.8, 4) is 0 Å². The minimum absolute atomic E-state index is 0.0287. The smallest absolute Gasteiger partial charge is 0.335 e. The highest BCUT2D eigenvalue weighted by molar-refractivity contribution is 5.87. The van der Waals surface area contributed by atoms with Crippen LogP contribution in [0.25, 0.3) is 0 Å². The van der Waals surface area contributed by atoms with Gasteiger partial charge in [-0.1, -0.05) is 19.1 Å². The third-order valence-electron chi connectivity index (χ3n) is 2.47. The molecule has 0 aliphatic rings. The maximum Gasteiger partial charge on any atom is 0.335 e. The second kappa shape index (κ2) is 7.45. The summed E-state index contributed by atoms with van der Waals surface area (Å²) in [6, 6.07) is 6.66. The Bertz CT molecular complexity index is 401. The number of amides is 1. The summed E-state index contributed by atoms with van der Waals surface area (Å²) in [5, 5.41) is 14.5. The van der Waals surface area contributed by atoms with E-state index in [1.807, 2.05) is 6.92 Å². The maximum absolute atomic E-state index is 11.3. The van der Waals surface area contributed by atoms with Gasteiger partial charge in [0, 0.05) is 6.54 Å². The number of hydrogen-bond acceptors (Lipinski definition) is 3. The maximum atomic E-state index is 11.3. The molecule has 5 heteroatoms. The average Bonchev–Trinajstić information content (AvgIpc) is 2.37. The summed E-state index contributed by atoms with van der Waals surface area (Å²) in [5.74, 6) is -0.959. The molecule has 0 radical (unpaired) electrons. The summed E-state index contributed by atoms with van der Waals surface area (Å²) in [4.78, 5) is 21.9. The molecule has 0 unspecified atom stereocenters. The van der Waals surface area contributed by atoms with Crippen molar-refractivity contribution in [2.75, 3.05) is 19.6 Å². The number of carboxylic acids is 1. The van der Waals surface area contributed by atoms with Crippen LogP contribution in [0, 0.1) is 0 Å². The van der Waals surface area contributed by atoms with E-state index in [0.29, 0.717) is 19.5 Å². The molecule has 1 aromatic rings. The van der Waals surface area contributed by atoms with Gasteiger partial charge in [0.1, 0.15) is 0 Å². The van der Waals surface area contributed by atoms with Gasteiger partial charge in [-0.3, -0.25) is 4.79 Å². The molecule has 0 bridgehead atoms. The number of carbonyl (C=O) groups is 2. The van der Waals surface area contributed by atoms with Gasteiger partial charge in [-0.15, -0.1) is 0 Å².